The zero-order chi connectivity index (χ0) is 20.8. The topological polar surface area (TPSA) is 98.1 Å². The van der Waals surface area contributed by atoms with Crippen LogP contribution in [0.4, 0.5) is 4.79 Å². The number of furan rings is 1. The predicted octanol–water partition coefficient (Wildman–Crippen LogP) is 3.61. The summed E-state index contributed by atoms with van der Waals surface area (Å²) in [5, 5.41) is 2.98. The average molecular weight is 465 g/mol. The van der Waals surface area contributed by atoms with Crippen molar-refractivity contribution in [2.45, 2.75) is 25.8 Å². The number of likely N-dealkylation sites (tertiary alicyclic amines) is 1. The molecule has 9 heteroatoms. The predicted molar refractivity (Wildman–Crippen MR) is 107 cm³/mol. The molecule has 0 radical (unpaired) electrons. The van der Waals surface area contributed by atoms with Gasteiger partial charge in [0.05, 0.1) is 6.61 Å². The molecule has 0 unspecified atom stereocenters. The van der Waals surface area contributed by atoms with Crippen LogP contribution in [0.15, 0.2) is 45.5 Å². The molecule has 0 atom stereocenters. The van der Waals surface area contributed by atoms with Crippen molar-refractivity contribution in [2.24, 2.45) is 0 Å². The van der Waals surface area contributed by atoms with Crippen molar-refractivity contribution in [1.29, 1.82) is 0 Å². The summed E-state index contributed by atoms with van der Waals surface area (Å²) in [5.74, 6) is 0.228. The number of piperidine rings is 1. The Balaban J connectivity index is 1.48. The summed E-state index contributed by atoms with van der Waals surface area (Å²) in [4.78, 5) is 37.9. The van der Waals surface area contributed by atoms with Crippen LogP contribution < -0.4 is 10.1 Å². The number of halogens is 1. The number of carbonyl (C=O) groups excluding carboxylic acids is 3. The first-order valence-corrected chi connectivity index (χ1v) is 10.1. The Morgan fingerprint density at radius 2 is 1.83 bits per heavy atom. The molecule has 1 N–H and O–H groups in total. The lowest BCUT2D eigenvalue weighted by molar-refractivity contribution is 0.0665. The van der Waals surface area contributed by atoms with Crippen LogP contribution >= 0.6 is 15.9 Å². The molecule has 2 heterocycles. The summed E-state index contributed by atoms with van der Waals surface area (Å²) in [6, 6.07) is 9.53. The summed E-state index contributed by atoms with van der Waals surface area (Å²) < 4.78 is 15.5. The molecule has 1 aromatic heterocycles. The highest BCUT2D eigenvalue weighted by Gasteiger charge is 2.26. The molecule has 0 spiro atoms. The first-order chi connectivity index (χ1) is 14.0. The quantitative estimate of drug-likeness (QED) is 0.535. The van der Waals surface area contributed by atoms with Crippen molar-refractivity contribution in [3.05, 3.63) is 52.4 Å². The zero-order valence-corrected chi connectivity index (χ0v) is 17.4. The molecule has 0 saturated carbocycles. The lowest BCUT2D eigenvalue weighted by Gasteiger charge is -2.31. The van der Waals surface area contributed by atoms with E-state index in [2.05, 4.69) is 21.2 Å². The number of rotatable bonds is 5. The number of hydrogen-bond donors (Lipinski definition) is 1. The Morgan fingerprint density at radius 1 is 1.14 bits per heavy atom. The SMILES string of the molecule is CCOC(=O)Oc1ccc(C(=O)NC2CCN(C(=O)c3ccc(Br)o3)CC2)cc1. The van der Waals surface area contributed by atoms with Gasteiger partial charge in [-0.25, -0.2) is 4.79 Å². The van der Waals surface area contributed by atoms with E-state index in [4.69, 9.17) is 13.9 Å². The molecule has 8 nitrogen and oxygen atoms in total. The summed E-state index contributed by atoms with van der Waals surface area (Å²) >= 11 is 3.19. The lowest BCUT2D eigenvalue weighted by atomic mass is 10.0. The van der Waals surface area contributed by atoms with E-state index in [1.165, 1.54) is 12.1 Å². The number of hydrogen-bond acceptors (Lipinski definition) is 6. The molecule has 1 aliphatic rings. The summed E-state index contributed by atoms with van der Waals surface area (Å²) in [6.45, 7) is 2.98. The van der Waals surface area contributed by atoms with Crippen LogP contribution in [0.5, 0.6) is 5.75 Å². The standard InChI is InChI=1S/C20H21BrN2O6/c1-2-27-20(26)28-15-5-3-13(4-6-15)18(24)22-14-9-11-23(12-10-14)19(25)16-7-8-17(21)29-16/h3-8,14H,2,9-12H2,1H3,(H,22,24). The van der Waals surface area contributed by atoms with E-state index in [9.17, 15) is 14.4 Å². The van der Waals surface area contributed by atoms with Crippen molar-refractivity contribution in [1.82, 2.24) is 10.2 Å². The van der Waals surface area contributed by atoms with E-state index in [0.717, 1.165) is 0 Å². The molecule has 2 aromatic rings. The third-order valence-corrected chi connectivity index (χ3v) is 4.91. The van der Waals surface area contributed by atoms with Gasteiger partial charge in [0, 0.05) is 24.7 Å². The lowest BCUT2D eigenvalue weighted by Crippen LogP contribution is -2.46. The molecular weight excluding hydrogens is 444 g/mol. The van der Waals surface area contributed by atoms with Gasteiger partial charge in [0.2, 0.25) is 0 Å². The Morgan fingerprint density at radius 3 is 2.41 bits per heavy atom. The highest BCUT2D eigenvalue weighted by atomic mass is 79.9. The van der Waals surface area contributed by atoms with Gasteiger partial charge < -0.3 is 24.1 Å². The number of carbonyl (C=O) groups is 3. The number of nitrogens with zero attached hydrogens (tertiary/aromatic N) is 1. The molecule has 0 bridgehead atoms. The van der Waals surface area contributed by atoms with E-state index in [1.807, 2.05) is 0 Å². The molecule has 1 aliphatic heterocycles. The zero-order valence-electron chi connectivity index (χ0n) is 15.9. The van der Waals surface area contributed by atoms with Gasteiger partial charge in [-0.3, -0.25) is 9.59 Å². The minimum Gasteiger partial charge on any atom is -0.444 e. The van der Waals surface area contributed by atoms with Crippen molar-refractivity contribution >= 4 is 33.9 Å². The van der Waals surface area contributed by atoms with Gasteiger partial charge in [-0.05, 0) is 72.1 Å². The second kappa shape index (κ2) is 9.60. The smallest absolute Gasteiger partial charge is 0.444 e. The van der Waals surface area contributed by atoms with Crippen molar-refractivity contribution in [3.63, 3.8) is 0 Å². The number of nitrogens with one attached hydrogen (secondary N) is 1. The average Bonchev–Trinajstić information content (AvgIpc) is 3.15. The highest BCUT2D eigenvalue weighted by molar-refractivity contribution is 9.10. The van der Waals surface area contributed by atoms with E-state index in [0.29, 0.717) is 47.7 Å². The Kier molecular flexibility index (Phi) is 6.92. The minimum atomic E-state index is -0.784. The molecule has 154 valence electrons. The molecule has 29 heavy (non-hydrogen) atoms. The highest BCUT2D eigenvalue weighted by Crippen LogP contribution is 2.19. The van der Waals surface area contributed by atoms with Gasteiger partial charge in [-0.15, -0.1) is 0 Å². The summed E-state index contributed by atoms with van der Waals surface area (Å²) in [6.07, 6.45) is 0.528. The number of benzene rings is 1. The van der Waals surface area contributed by atoms with Crippen molar-refractivity contribution in [2.75, 3.05) is 19.7 Å². The van der Waals surface area contributed by atoms with Gasteiger partial charge in [-0.2, -0.15) is 0 Å². The fourth-order valence-corrected chi connectivity index (χ4v) is 3.31. The monoisotopic (exact) mass is 464 g/mol. The Labute approximate surface area is 176 Å². The normalized spacial score (nSPS) is 14.3. The number of amides is 2. The van der Waals surface area contributed by atoms with Gasteiger partial charge in [0.1, 0.15) is 5.75 Å². The van der Waals surface area contributed by atoms with Crippen LogP contribution in [0.1, 0.15) is 40.7 Å². The molecule has 2 amide bonds. The molecule has 1 fully saturated rings. The van der Waals surface area contributed by atoms with Gasteiger partial charge >= 0.3 is 6.16 Å². The molecule has 3 rings (SSSR count). The van der Waals surface area contributed by atoms with Crippen LogP contribution in [0.2, 0.25) is 0 Å². The minimum absolute atomic E-state index is 0.0228. The largest absolute Gasteiger partial charge is 0.513 e. The fourth-order valence-electron chi connectivity index (χ4n) is 3.00. The van der Waals surface area contributed by atoms with Crippen LogP contribution in [0.3, 0.4) is 0 Å². The van der Waals surface area contributed by atoms with Crippen molar-refractivity contribution < 1.29 is 28.3 Å². The molecular formula is C20H21BrN2O6. The van der Waals surface area contributed by atoms with Crippen LogP contribution in [-0.4, -0.2) is 48.6 Å². The number of ether oxygens (including phenoxy) is 2. The Hall–Kier alpha value is -2.81. The molecule has 1 aromatic carbocycles. The van der Waals surface area contributed by atoms with Crippen LogP contribution in [0, 0.1) is 0 Å². The second-order valence-electron chi connectivity index (χ2n) is 6.45. The van der Waals surface area contributed by atoms with Crippen molar-refractivity contribution in [3.8, 4) is 5.75 Å². The van der Waals surface area contributed by atoms with Gasteiger partial charge in [0.15, 0.2) is 10.4 Å². The summed E-state index contributed by atoms with van der Waals surface area (Å²) in [5.41, 5.74) is 0.458. The van der Waals surface area contributed by atoms with E-state index >= 15 is 0 Å². The molecule has 0 aliphatic carbocycles. The molecule has 1 saturated heterocycles. The third-order valence-electron chi connectivity index (χ3n) is 4.48. The summed E-state index contributed by atoms with van der Waals surface area (Å²) in [7, 11) is 0. The maximum atomic E-state index is 12.4. The van der Waals surface area contributed by atoms with Gasteiger partial charge in [-0.1, -0.05) is 0 Å². The Bertz CT molecular complexity index is 871. The first-order valence-electron chi connectivity index (χ1n) is 9.26. The fraction of sp³-hybridized carbons (Fsp3) is 0.350. The van der Waals surface area contributed by atoms with Crippen LogP contribution in [-0.2, 0) is 4.74 Å². The van der Waals surface area contributed by atoms with Gasteiger partial charge in [0.25, 0.3) is 11.8 Å². The maximum absolute atomic E-state index is 12.4. The maximum Gasteiger partial charge on any atom is 0.513 e. The first kappa shape index (κ1) is 20.9. The van der Waals surface area contributed by atoms with E-state index in [1.54, 1.807) is 36.1 Å². The van der Waals surface area contributed by atoms with Crippen LogP contribution in [0.25, 0.3) is 0 Å². The second-order valence-corrected chi connectivity index (χ2v) is 7.23. The van der Waals surface area contributed by atoms with E-state index in [-0.39, 0.29) is 24.5 Å². The van der Waals surface area contributed by atoms with E-state index < -0.39 is 6.16 Å². The third kappa shape index (κ3) is 5.60.